The monoisotopic (exact) mass is 383 g/mol. The van der Waals surface area contributed by atoms with E-state index in [1.165, 1.54) is 10.5 Å². The molecule has 0 aromatic heterocycles. The van der Waals surface area contributed by atoms with E-state index in [0.29, 0.717) is 0 Å². The number of benzene rings is 2. The summed E-state index contributed by atoms with van der Waals surface area (Å²) in [6.07, 6.45) is 0. The van der Waals surface area contributed by atoms with E-state index in [1.807, 2.05) is 18.2 Å². The van der Waals surface area contributed by atoms with Gasteiger partial charge >= 0.3 is 0 Å². The fraction of sp³-hybridized carbons (Fsp3) is 0.294. The van der Waals surface area contributed by atoms with Gasteiger partial charge in [-0.2, -0.15) is 0 Å². The van der Waals surface area contributed by atoms with Gasteiger partial charge in [-0.3, -0.25) is 0 Å². The Bertz CT molecular complexity index is 622. The predicted molar refractivity (Wildman–Crippen MR) is 96.3 cm³/mol. The highest BCUT2D eigenvalue weighted by Gasteiger charge is 2.12. The van der Waals surface area contributed by atoms with Gasteiger partial charge in [0.25, 0.3) is 0 Å². The summed E-state index contributed by atoms with van der Waals surface area (Å²) in [7, 11) is 0. The third-order valence-corrected chi connectivity index (χ3v) is 5.01. The molecule has 0 saturated heterocycles. The zero-order chi connectivity index (χ0) is 15.5. The molecule has 2 aromatic carbocycles. The van der Waals surface area contributed by atoms with Crippen molar-refractivity contribution in [1.82, 2.24) is 5.32 Å². The predicted octanol–water partition coefficient (Wildman–Crippen LogP) is 6.14. The Kier molecular flexibility index (Phi) is 5.78. The van der Waals surface area contributed by atoms with Gasteiger partial charge in [-0.05, 0) is 50.6 Å². The number of halogens is 2. The Morgan fingerprint density at radius 3 is 2.48 bits per heavy atom. The second kappa shape index (κ2) is 7.19. The largest absolute Gasteiger partial charge is 0.308 e. The molecule has 0 atom stereocenters. The number of nitrogens with one attached hydrogen (secondary N) is 1. The summed E-state index contributed by atoms with van der Waals surface area (Å²) in [5.41, 5.74) is 1.37. The van der Waals surface area contributed by atoms with Gasteiger partial charge in [0, 0.05) is 26.3 Å². The lowest BCUT2D eigenvalue weighted by molar-refractivity contribution is 0.422. The van der Waals surface area contributed by atoms with Gasteiger partial charge in [0.05, 0.1) is 5.02 Å². The Morgan fingerprint density at radius 1 is 1.10 bits per heavy atom. The summed E-state index contributed by atoms with van der Waals surface area (Å²) in [6.45, 7) is 7.36. The van der Waals surface area contributed by atoms with Crippen LogP contribution in [0.1, 0.15) is 26.3 Å². The third kappa shape index (κ3) is 5.33. The van der Waals surface area contributed by atoms with Crippen LogP contribution in [0, 0.1) is 0 Å². The van der Waals surface area contributed by atoms with Gasteiger partial charge in [0.15, 0.2) is 0 Å². The van der Waals surface area contributed by atoms with E-state index in [1.54, 1.807) is 11.8 Å². The molecular formula is C17H19BrClNS. The Hall–Kier alpha value is -0.480. The first-order chi connectivity index (χ1) is 9.85. The van der Waals surface area contributed by atoms with Crippen LogP contribution in [0.4, 0.5) is 0 Å². The smallest absolute Gasteiger partial charge is 0.0545 e. The van der Waals surface area contributed by atoms with Crippen LogP contribution < -0.4 is 5.32 Å². The highest BCUT2D eigenvalue weighted by molar-refractivity contribution is 9.10. The lowest BCUT2D eigenvalue weighted by Crippen LogP contribution is -2.35. The van der Waals surface area contributed by atoms with Crippen LogP contribution in [-0.2, 0) is 6.54 Å². The number of rotatable bonds is 4. The molecule has 0 aliphatic heterocycles. The fourth-order valence-corrected chi connectivity index (χ4v) is 3.55. The van der Waals surface area contributed by atoms with Crippen molar-refractivity contribution in [1.29, 1.82) is 0 Å². The molecule has 0 bridgehead atoms. The lowest BCUT2D eigenvalue weighted by Gasteiger charge is -2.21. The molecule has 1 nitrogen and oxygen atoms in total. The van der Waals surface area contributed by atoms with Gasteiger partial charge in [-0.25, -0.2) is 0 Å². The second-order valence-electron chi connectivity index (χ2n) is 5.89. The van der Waals surface area contributed by atoms with E-state index in [2.05, 4.69) is 66.3 Å². The summed E-state index contributed by atoms with van der Waals surface area (Å²) in [5.74, 6) is 0. The zero-order valence-electron chi connectivity index (χ0n) is 12.4. The van der Waals surface area contributed by atoms with Crippen molar-refractivity contribution >= 4 is 39.3 Å². The quantitative estimate of drug-likeness (QED) is 0.679. The average Bonchev–Trinajstić information content (AvgIpc) is 2.39. The van der Waals surface area contributed by atoms with Crippen LogP contribution in [-0.4, -0.2) is 5.54 Å². The van der Waals surface area contributed by atoms with Crippen LogP contribution in [0.3, 0.4) is 0 Å². The van der Waals surface area contributed by atoms with E-state index in [0.717, 1.165) is 20.9 Å². The SMILES string of the molecule is CC(C)(C)NCc1ccc(Br)cc1Sc1ccccc1Cl. The maximum atomic E-state index is 6.27. The molecule has 0 spiro atoms. The minimum Gasteiger partial charge on any atom is -0.308 e. The van der Waals surface area contributed by atoms with Crippen LogP contribution in [0.15, 0.2) is 56.7 Å². The first kappa shape index (κ1) is 16.9. The molecule has 1 N–H and O–H groups in total. The van der Waals surface area contributed by atoms with Crippen molar-refractivity contribution in [3.8, 4) is 0 Å². The third-order valence-electron chi connectivity index (χ3n) is 2.89. The number of hydrogen-bond donors (Lipinski definition) is 1. The van der Waals surface area contributed by atoms with E-state index in [9.17, 15) is 0 Å². The molecule has 2 rings (SSSR count). The molecule has 0 aliphatic rings. The van der Waals surface area contributed by atoms with Crippen LogP contribution in [0.5, 0.6) is 0 Å². The second-order valence-corrected chi connectivity index (χ2v) is 8.29. The topological polar surface area (TPSA) is 12.0 Å². The lowest BCUT2D eigenvalue weighted by atomic mass is 10.1. The Morgan fingerprint density at radius 2 is 1.81 bits per heavy atom. The summed E-state index contributed by atoms with van der Waals surface area (Å²) >= 11 is 11.5. The minimum atomic E-state index is 0.0966. The molecule has 0 amide bonds. The number of hydrogen-bond acceptors (Lipinski definition) is 2. The zero-order valence-corrected chi connectivity index (χ0v) is 15.6. The molecule has 112 valence electrons. The van der Waals surface area contributed by atoms with Gasteiger partial charge < -0.3 is 5.32 Å². The first-order valence-electron chi connectivity index (χ1n) is 6.81. The van der Waals surface area contributed by atoms with Crippen molar-refractivity contribution in [3.05, 3.63) is 57.5 Å². The van der Waals surface area contributed by atoms with E-state index in [-0.39, 0.29) is 5.54 Å². The van der Waals surface area contributed by atoms with E-state index < -0.39 is 0 Å². The molecule has 0 aliphatic carbocycles. The summed E-state index contributed by atoms with van der Waals surface area (Å²) in [4.78, 5) is 2.29. The molecule has 0 heterocycles. The Balaban J connectivity index is 2.25. The minimum absolute atomic E-state index is 0.0966. The fourth-order valence-electron chi connectivity index (χ4n) is 1.78. The Labute approximate surface area is 144 Å². The van der Waals surface area contributed by atoms with Crippen molar-refractivity contribution in [2.75, 3.05) is 0 Å². The highest BCUT2D eigenvalue weighted by Crippen LogP contribution is 2.36. The summed E-state index contributed by atoms with van der Waals surface area (Å²) in [6, 6.07) is 14.3. The molecule has 4 heteroatoms. The van der Waals surface area contributed by atoms with Gasteiger partial charge in [0.1, 0.15) is 0 Å². The van der Waals surface area contributed by atoms with Crippen LogP contribution in [0.25, 0.3) is 0 Å². The molecule has 0 unspecified atom stereocenters. The maximum Gasteiger partial charge on any atom is 0.0545 e. The first-order valence-corrected chi connectivity index (χ1v) is 8.80. The molecular weight excluding hydrogens is 366 g/mol. The molecule has 0 radical (unpaired) electrons. The van der Waals surface area contributed by atoms with Crippen LogP contribution in [0.2, 0.25) is 5.02 Å². The van der Waals surface area contributed by atoms with Crippen molar-refractivity contribution < 1.29 is 0 Å². The highest BCUT2D eigenvalue weighted by atomic mass is 79.9. The maximum absolute atomic E-state index is 6.27. The molecule has 0 fully saturated rings. The van der Waals surface area contributed by atoms with Crippen molar-refractivity contribution in [2.24, 2.45) is 0 Å². The standard InChI is InChI=1S/C17H19BrClNS/c1-17(2,3)20-11-12-8-9-13(18)10-16(12)21-15-7-5-4-6-14(15)19/h4-10,20H,11H2,1-3H3. The van der Waals surface area contributed by atoms with E-state index in [4.69, 9.17) is 11.6 Å². The van der Waals surface area contributed by atoms with Crippen molar-refractivity contribution in [2.45, 2.75) is 42.6 Å². The van der Waals surface area contributed by atoms with Gasteiger partial charge in [0.2, 0.25) is 0 Å². The molecule has 21 heavy (non-hydrogen) atoms. The van der Waals surface area contributed by atoms with E-state index >= 15 is 0 Å². The average molecular weight is 385 g/mol. The molecule has 0 saturated carbocycles. The van der Waals surface area contributed by atoms with Crippen molar-refractivity contribution in [3.63, 3.8) is 0 Å². The summed E-state index contributed by atoms with van der Waals surface area (Å²) in [5, 5.41) is 4.33. The van der Waals surface area contributed by atoms with Gasteiger partial charge in [-0.15, -0.1) is 0 Å². The molecule has 2 aromatic rings. The van der Waals surface area contributed by atoms with Gasteiger partial charge in [-0.1, -0.05) is 57.5 Å². The van der Waals surface area contributed by atoms with Crippen LogP contribution >= 0.6 is 39.3 Å². The summed E-state index contributed by atoms with van der Waals surface area (Å²) < 4.78 is 1.08. The normalized spacial score (nSPS) is 11.7.